The van der Waals surface area contributed by atoms with Gasteiger partial charge in [0.2, 0.25) is 0 Å². The lowest BCUT2D eigenvalue weighted by atomic mass is 10.0. The molecule has 0 bridgehead atoms. The molecule has 1 rings (SSSR count). The van der Waals surface area contributed by atoms with Crippen LogP contribution in [-0.4, -0.2) is 17.7 Å². The summed E-state index contributed by atoms with van der Waals surface area (Å²) in [5.74, 6) is 6.05. The number of carbonyl (C=O) groups excluding carboxylic acids is 1. The molecule has 1 aromatic rings. The molecule has 0 spiro atoms. The summed E-state index contributed by atoms with van der Waals surface area (Å²) in [6.45, 7) is 8.30. The topological polar surface area (TPSA) is 46.5 Å². The van der Waals surface area contributed by atoms with Gasteiger partial charge in [-0.1, -0.05) is 55.4 Å². The lowest BCUT2D eigenvalue weighted by Gasteiger charge is -2.05. The number of aliphatic hydroxyl groups excluding tert-OH is 1. The van der Waals surface area contributed by atoms with Gasteiger partial charge in [-0.3, -0.25) is 4.79 Å². The highest BCUT2D eigenvalue weighted by atomic mass is 16.5. The van der Waals surface area contributed by atoms with E-state index in [1.165, 1.54) is 11.6 Å². The third kappa shape index (κ3) is 13.2. The summed E-state index contributed by atoms with van der Waals surface area (Å²) < 4.78 is 4.92. The van der Waals surface area contributed by atoms with E-state index in [1.807, 2.05) is 25.1 Å². The molecule has 0 aliphatic heterocycles. The van der Waals surface area contributed by atoms with Crippen LogP contribution >= 0.6 is 0 Å². The Morgan fingerprint density at radius 2 is 1.81 bits per heavy atom. The summed E-state index contributed by atoms with van der Waals surface area (Å²) in [6, 6.07) is 8.21. The Kier molecular flexibility index (Phi) is 16.2. The first-order chi connectivity index (χ1) is 13.3. The minimum Gasteiger partial charge on any atom is -0.516 e. The normalized spacial score (nSPS) is 10.1. The number of allylic oxidation sites excluding steroid dienone is 3. The van der Waals surface area contributed by atoms with E-state index in [4.69, 9.17) is 9.84 Å². The molecule has 0 unspecified atom stereocenters. The van der Waals surface area contributed by atoms with Crippen LogP contribution in [0, 0.1) is 11.8 Å². The largest absolute Gasteiger partial charge is 0.516 e. The number of esters is 1. The van der Waals surface area contributed by atoms with Gasteiger partial charge in [-0.25, -0.2) is 0 Å². The van der Waals surface area contributed by atoms with E-state index in [-0.39, 0.29) is 5.97 Å². The van der Waals surface area contributed by atoms with Crippen LogP contribution in [0.25, 0.3) is 0 Å². The van der Waals surface area contributed by atoms with Crippen molar-refractivity contribution in [2.75, 3.05) is 6.61 Å². The summed E-state index contributed by atoms with van der Waals surface area (Å²) in [5.41, 5.74) is 2.33. The van der Waals surface area contributed by atoms with Gasteiger partial charge in [0, 0.05) is 12.0 Å². The first kappa shape index (κ1) is 24.3. The van der Waals surface area contributed by atoms with Crippen molar-refractivity contribution in [1.82, 2.24) is 0 Å². The molecule has 0 aliphatic carbocycles. The lowest BCUT2D eigenvalue weighted by Crippen LogP contribution is -2.03. The highest BCUT2D eigenvalue weighted by Crippen LogP contribution is 2.13. The molecule has 1 N–H and O–H groups in total. The number of unbranched alkanes of at least 4 members (excludes halogenated alkanes) is 4. The van der Waals surface area contributed by atoms with Crippen LogP contribution in [0.5, 0.6) is 0 Å². The Hall–Kier alpha value is -2.73. The van der Waals surface area contributed by atoms with Crippen LogP contribution in [0.1, 0.15) is 56.6 Å². The van der Waals surface area contributed by atoms with Crippen LogP contribution in [0.2, 0.25) is 0 Å². The molecule has 0 heterocycles. The van der Waals surface area contributed by atoms with Gasteiger partial charge in [-0.2, -0.15) is 0 Å². The van der Waals surface area contributed by atoms with E-state index in [0.29, 0.717) is 13.0 Å². The molecule has 0 saturated carbocycles. The van der Waals surface area contributed by atoms with Crippen LogP contribution in [-0.2, 0) is 16.0 Å². The lowest BCUT2D eigenvalue weighted by molar-refractivity contribution is -0.143. The predicted octanol–water partition coefficient (Wildman–Crippen LogP) is 5.91. The Bertz CT molecular complexity index is 633. The molecule has 0 radical (unpaired) electrons. The molecule has 3 nitrogen and oxygen atoms in total. The molecule has 146 valence electrons. The van der Waals surface area contributed by atoms with E-state index < -0.39 is 0 Å². The monoisotopic (exact) mass is 368 g/mol. The zero-order chi connectivity index (χ0) is 20.2. The van der Waals surface area contributed by atoms with Gasteiger partial charge in [0.25, 0.3) is 0 Å². The average Bonchev–Trinajstić information content (AvgIpc) is 2.70. The van der Waals surface area contributed by atoms with E-state index in [2.05, 4.69) is 31.1 Å². The van der Waals surface area contributed by atoms with Crippen molar-refractivity contribution in [2.45, 2.75) is 51.9 Å². The first-order valence-corrected chi connectivity index (χ1v) is 9.49. The maximum Gasteiger partial charge on any atom is 0.305 e. The van der Waals surface area contributed by atoms with Gasteiger partial charge in [0.05, 0.1) is 12.9 Å². The second-order valence-electron chi connectivity index (χ2n) is 5.70. The summed E-state index contributed by atoms with van der Waals surface area (Å²) in [4.78, 5) is 11.2. The zero-order valence-corrected chi connectivity index (χ0v) is 16.5. The molecule has 0 aromatic heterocycles. The van der Waals surface area contributed by atoms with Gasteiger partial charge in [-0.15, -0.1) is 13.2 Å². The molecule has 3 heteroatoms. The van der Waals surface area contributed by atoms with Gasteiger partial charge in [0.1, 0.15) is 0 Å². The highest BCUT2D eigenvalue weighted by molar-refractivity contribution is 5.69. The van der Waals surface area contributed by atoms with Crippen molar-refractivity contribution >= 4 is 5.97 Å². The highest BCUT2D eigenvalue weighted by Gasteiger charge is 2.02. The number of rotatable bonds is 10. The number of aliphatic hydroxyl groups is 1. The Labute approximate surface area is 164 Å². The minimum atomic E-state index is -0.0847. The number of hydrogen-bond acceptors (Lipinski definition) is 3. The van der Waals surface area contributed by atoms with Gasteiger partial charge >= 0.3 is 5.97 Å². The van der Waals surface area contributed by atoms with E-state index >= 15 is 0 Å². The molecular formula is C24H32O3. The molecular weight excluding hydrogens is 336 g/mol. The van der Waals surface area contributed by atoms with Crippen LogP contribution in [0.4, 0.5) is 0 Å². The van der Waals surface area contributed by atoms with Crippen LogP contribution in [0.15, 0.2) is 61.9 Å². The molecule has 1 aromatic carbocycles. The average molecular weight is 369 g/mol. The Balaban J connectivity index is 0.00000326. The molecule has 0 amide bonds. The van der Waals surface area contributed by atoms with Crippen molar-refractivity contribution in [1.29, 1.82) is 0 Å². The van der Waals surface area contributed by atoms with Crippen molar-refractivity contribution in [2.24, 2.45) is 0 Å². The van der Waals surface area contributed by atoms with E-state index in [9.17, 15) is 4.79 Å². The fourth-order valence-corrected chi connectivity index (χ4v) is 2.48. The van der Waals surface area contributed by atoms with Gasteiger partial charge in [0.15, 0.2) is 0 Å². The standard InChI is InChI=1S/C22H28O3.C2H4/c1-2-25-22(24)18-10-5-3-4-8-14-20-16-11-12-17-21(20)15-9-6-7-13-19-23;1-2/h6-7,11-13,16-17,19,23H,2-5,8,10,14,18H2,1H3;1-2H2/b7-6+,19-13-;. The fraction of sp³-hybridized carbons (Fsp3) is 0.375. The molecule has 0 fully saturated rings. The van der Waals surface area contributed by atoms with E-state index in [0.717, 1.165) is 50.4 Å². The zero-order valence-electron chi connectivity index (χ0n) is 16.5. The third-order valence-corrected chi connectivity index (χ3v) is 3.73. The van der Waals surface area contributed by atoms with Crippen LogP contribution in [0.3, 0.4) is 0 Å². The summed E-state index contributed by atoms with van der Waals surface area (Å²) in [5, 5.41) is 8.55. The molecule has 0 atom stereocenters. The first-order valence-electron chi connectivity index (χ1n) is 9.49. The maximum atomic E-state index is 11.2. The number of aryl methyl sites for hydroxylation is 1. The number of ether oxygens (including phenoxy) is 1. The van der Waals surface area contributed by atoms with Crippen molar-refractivity contribution in [3.63, 3.8) is 0 Å². The summed E-state index contributed by atoms with van der Waals surface area (Å²) >= 11 is 0. The van der Waals surface area contributed by atoms with Crippen molar-refractivity contribution in [3.05, 3.63) is 73.0 Å². The summed E-state index contributed by atoms with van der Waals surface area (Å²) in [6.07, 6.45) is 12.9. The predicted molar refractivity (Wildman–Crippen MR) is 114 cm³/mol. The molecule has 0 aliphatic rings. The second kappa shape index (κ2) is 18.1. The number of carbonyl (C=O) groups is 1. The quantitative estimate of drug-likeness (QED) is 0.139. The molecule has 27 heavy (non-hydrogen) atoms. The summed E-state index contributed by atoms with van der Waals surface area (Å²) in [7, 11) is 0. The minimum absolute atomic E-state index is 0.0847. The fourth-order valence-electron chi connectivity index (χ4n) is 2.48. The smallest absolute Gasteiger partial charge is 0.305 e. The number of hydrogen-bond donors (Lipinski definition) is 1. The molecule has 0 saturated heterocycles. The van der Waals surface area contributed by atoms with Gasteiger partial charge in [-0.05, 0) is 50.0 Å². The third-order valence-electron chi connectivity index (χ3n) is 3.73. The van der Waals surface area contributed by atoms with E-state index in [1.54, 1.807) is 12.2 Å². The Morgan fingerprint density at radius 1 is 1.11 bits per heavy atom. The Morgan fingerprint density at radius 3 is 2.56 bits per heavy atom. The second-order valence-corrected chi connectivity index (χ2v) is 5.70. The number of benzene rings is 1. The van der Waals surface area contributed by atoms with Crippen molar-refractivity contribution < 1.29 is 14.6 Å². The maximum absolute atomic E-state index is 11.2. The van der Waals surface area contributed by atoms with Crippen LogP contribution < -0.4 is 0 Å². The SMILES string of the molecule is C=C.CCOC(=O)CCCCCCCc1ccccc1C#C/C=C/C=C\O. The van der Waals surface area contributed by atoms with Gasteiger partial charge < -0.3 is 9.84 Å². The van der Waals surface area contributed by atoms with Crippen molar-refractivity contribution in [3.8, 4) is 11.8 Å².